The van der Waals surface area contributed by atoms with Gasteiger partial charge in [-0.3, -0.25) is 4.79 Å². The predicted molar refractivity (Wildman–Crippen MR) is 139 cm³/mol. The third-order valence-electron chi connectivity index (χ3n) is 6.41. The fourth-order valence-corrected chi connectivity index (χ4v) is 4.66. The third kappa shape index (κ3) is 4.78. The summed E-state index contributed by atoms with van der Waals surface area (Å²) in [6.45, 7) is 14.0. The highest BCUT2D eigenvalue weighted by molar-refractivity contribution is 6.19. The number of likely N-dealkylation sites (N-methyl/N-ethyl adjacent to an activating group) is 1. The summed E-state index contributed by atoms with van der Waals surface area (Å²) in [4.78, 5) is 16.1. The zero-order chi connectivity index (χ0) is 24.2. The Hall–Kier alpha value is -3.37. The normalized spacial score (nSPS) is 11.4. The number of hydrogen-bond donors (Lipinski definition) is 0. The summed E-state index contributed by atoms with van der Waals surface area (Å²) in [5, 5.41) is 0.835. The average Bonchev–Trinajstić information content (AvgIpc) is 3.20. The molecule has 0 bridgehead atoms. The van der Waals surface area contributed by atoms with Gasteiger partial charge in [-0.25, -0.2) is 0 Å². The minimum Gasteiger partial charge on any atom is -0.492 e. The quantitative estimate of drug-likeness (QED) is 0.255. The predicted octanol–water partition coefficient (Wildman–Crippen LogP) is 6.98. The van der Waals surface area contributed by atoms with Gasteiger partial charge in [0.2, 0.25) is 0 Å². The van der Waals surface area contributed by atoms with Crippen molar-refractivity contribution in [2.24, 2.45) is 0 Å². The van der Waals surface area contributed by atoms with E-state index >= 15 is 0 Å². The van der Waals surface area contributed by atoms with Crippen LogP contribution in [0.4, 0.5) is 0 Å². The smallest absolute Gasteiger partial charge is 0.197 e. The number of ether oxygens (including phenoxy) is 1. The maximum Gasteiger partial charge on any atom is 0.197 e. The van der Waals surface area contributed by atoms with Crippen LogP contribution in [-0.4, -0.2) is 36.9 Å². The van der Waals surface area contributed by atoms with Gasteiger partial charge in [0, 0.05) is 23.1 Å². The van der Waals surface area contributed by atoms with Crippen molar-refractivity contribution in [3.63, 3.8) is 0 Å². The van der Waals surface area contributed by atoms with Crippen molar-refractivity contribution in [3.8, 4) is 17.1 Å². The summed E-state index contributed by atoms with van der Waals surface area (Å²) in [5.74, 6) is 1.36. The molecule has 4 nitrogen and oxygen atoms in total. The Morgan fingerprint density at radius 3 is 2.21 bits per heavy atom. The lowest BCUT2D eigenvalue weighted by atomic mass is 9.92. The molecule has 1 heterocycles. The van der Waals surface area contributed by atoms with E-state index in [0.29, 0.717) is 23.5 Å². The molecule has 0 amide bonds. The highest BCUT2D eigenvalue weighted by Crippen LogP contribution is 2.38. The van der Waals surface area contributed by atoms with Gasteiger partial charge in [-0.2, -0.15) is 0 Å². The van der Waals surface area contributed by atoms with Crippen LogP contribution < -0.4 is 4.74 Å². The Balaban J connectivity index is 1.68. The number of fused-ring (bicyclic) bond motifs is 1. The van der Waals surface area contributed by atoms with Gasteiger partial charge in [0.05, 0.1) is 5.56 Å². The summed E-state index contributed by atoms with van der Waals surface area (Å²) in [6, 6.07) is 19.5. The fraction of sp³-hybridized carbons (Fsp3) is 0.300. The Morgan fingerprint density at radius 1 is 0.912 bits per heavy atom. The first-order valence-corrected chi connectivity index (χ1v) is 12.0. The van der Waals surface area contributed by atoms with E-state index in [4.69, 9.17) is 9.15 Å². The second-order valence-corrected chi connectivity index (χ2v) is 8.80. The summed E-state index contributed by atoms with van der Waals surface area (Å²) in [5.41, 5.74) is 6.33. The lowest BCUT2D eigenvalue weighted by Gasteiger charge is -2.18. The van der Waals surface area contributed by atoms with Crippen molar-refractivity contribution in [2.45, 2.75) is 34.6 Å². The highest BCUT2D eigenvalue weighted by Gasteiger charge is 2.25. The molecule has 0 saturated carbocycles. The number of carbonyl (C=O) groups is 1. The average molecular weight is 456 g/mol. The molecule has 0 radical (unpaired) electrons. The first-order chi connectivity index (χ1) is 16.4. The third-order valence-corrected chi connectivity index (χ3v) is 6.41. The number of aryl methyl sites for hydroxylation is 3. The first kappa shape index (κ1) is 23.8. The van der Waals surface area contributed by atoms with E-state index in [0.717, 1.165) is 53.0 Å². The van der Waals surface area contributed by atoms with Crippen LogP contribution in [-0.2, 0) is 0 Å². The van der Waals surface area contributed by atoms with Crippen LogP contribution in [0.3, 0.4) is 0 Å². The van der Waals surface area contributed by atoms with Gasteiger partial charge in [0.1, 0.15) is 23.7 Å². The fourth-order valence-electron chi connectivity index (χ4n) is 4.66. The number of rotatable bonds is 9. The standard InChI is InChI=1S/C30H33NO3/c1-6-31(7-2)16-17-33-24-14-12-23(13-15-24)29(32)28-25-10-8-9-11-26(25)34-30(28)27-21(4)18-20(3)19-22(27)5/h8-15,18-19H,6-7,16-17H2,1-5H3. The van der Waals surface area contributed by atoms with Crippen molar-refractivity contribution < 1.29 is 13.9 Å². The molecule has 4 heteroatoms. The van der Waals surface area contributed by atoms with Gasteiger partial charge in [0.25, 0.3) is 0 Å². The molecule has 0 aliphatic carbocycles. The molecule has 0 N–H and O–H groups in total. The molecular formula is C30H33NO3. The Labute approximate surface area is 202 Å². The topological polar surface area (TPSA) is 42.7 Å². The SMILES string of the molecule is CCN(CC)CCOc1ccc(C(=O)c2c(-c3c(C)cc(C)cc3C)oc3ccccc23)cc1. The zero-order valence-corrected chi connectivity index (χ0v) is 20.8. The Morgan fingerprint density at radius 2 is 1.56 bits per heavy atom. The summed E-state index contributed by atoms with van der Waals surface area (Å²) < 4.78 is 12.2. The molecule has 0 fully saturated rings. The molecule has 0 saturated heterocycles. The van der Waals surface area contributed by atoms with Crippen LogP contribution in [0.15, 0.2) is 65.1 Å². The van der Waals surface area contributed by atoms with E-state index in [2.05, 4.69) is 51.7 Å². The van der Waals surface area contributed by atoms with Crippen LogP contribution in [0.2, 0.25) is 0 Å². The monoisotopic (exact) mass is 455 g/mol. The summed E-state index contributed by atoms with van der Waals surface area (Å²) in [7, 11) is 0. The molecule has 34 heavy (non-hydrogen) atoms. The van der Waals surface area contributed by atoms with Crippen molar-refractivity contribution in [1.82, 2.24) is 4.90 Å². The van der Waals surface area contributed by atoms with E-state index < -0.39 is 0 Å². The number of benzene rings is 3. The van der Waals surface area contributed by atoms with Crippen LogP contribution in [0.1, 0.15) is 46.5 Å². The van der Waals surface area contributed by atoms with Gasteiger partial charge in [-0.15, -0.1) is 0 Å². The first-order valence-electron chi connectivity index (χ1n) is 12.0. The van der Waals surface area contributed by atoms with E-state index in [1.165, 1.54) is 5.56 Å². The second-order valence-electron chi connectivity index (χ2n) is 8.80. The highest BCUT2D eigenvalue weighted by atomic mass is 16.5. The Kier molecular flexibility index (Phi) is 7.18. The van der Waals surface area contributed by atoms with Gasteiger partial charge in [0.15, 0.2) is 5.78 Å². The molecule has 0 aliphatic rings. The molecule has 0 spiro atoms. The van der Waals surface area contributed by atoms with Crippen molar-refractivity contribution in [3.05, 3.63) is 88.5 Å². The zero-order valence-electron chi connectivity index (χ0n) is 20.8. The molecule has 0 aliphatic heterocycles. The largest absolute Gasteiger partial charge is 0.492 e. The van der Waals surface area contributed by atoms with E-state index in [9.17, 15) is 4.79 Å². The van der Waals surface area contributed by atoms with Crippen molar-refractivity contribution in [2.75, 3.05) is 26.2 Å². The van der Waals surface area contributed by atoms with E-state index in [1.807, 2.05) is 48.5 Å². The van der Waals surface area contributed by atoms with Crippen LogP contribution in [0.5, 0.6) is 5.75 Å². The minimum absolute atomic E-state index is 0.0472. The minimum atomic E-state index is -0.0472. The van der Waals surface area contributed by atoms with E-state index in [1.54, 1.807) is 0 Å². The number of ketones is 1. The maximum atomic E-state index is 13.8. The number of carbonyl (C=O) groups excluding carboxylic acids is 1. The second kappa shape index (κ2) is 10.3. The summed E-state index contributed by atoms with van der Waals surface area (Å²) >= 11 is 0. The van der Waals surface area contributed by atoms with Gasteiger partial charge in [-0.1, -0.05) is 49.7 Å². The molecule has 3 aromatic carbocycles. The van der Waals surface area contributed by atoms with Gasteiger partial charge >= 0.3 is 0 Å². The molecule has 4 aromatic rings. The Bertz CT molecular complexity index is 1270. The van der Waals surface area contributed by atoms with Crippen LogP contribution in [0, 0.1) is 20.8 Å². The molecule has 4 rings (SSSR count). The molecular weight excluding hydrogens is 422 g/mol. The van der Waals surface area contributed by atoms with Crippen LogP contribution >= 0.6 is 0 Å². The van der Waals surface area contributed by atoms with Gasteiger partial charge < -0.3 is 14.1 Å². The number of furan rings is 1. The lowest BCUT2D eigenvalue weighted by Crippen LogP contribution is -2.27. The molecule has 176 valence electrons. The number of para-hydroxylation sites is 1. The lowest BCUT2D eigenvalue weighted by molar-refractivity contribution is 0.104. The maximum absolute atomic E-state index is 13.8. The molecule has 0 atom stereocenters. The van der Waals surface area contributed by atoms with Crippen molar-refractivity contribution >= 4 is 16.8 Å². The molecule has 0 unspecified atom stereocenters. The molecule has 1 aromatic heterocycles. The van der Waals surface area contributed by atoms with Gasteiger partial charge in [-0.05, 0) is 75.3 Å². The summed E-state index contributed by atoms with van der Waals surface area (Å²) in [6.07, 6.45) is 0. The number of nitrogens with zero attached hydrogens (tertiary/aromatic N) is 1. The van der Waals surface area contributed by atoms with Crippen LogP contribution in [0.25, 0.3) is 22.3 Å². The van der Waals surface area contributed by atoms with Crippen molar-refractivity contribution in [1.29, 1.82) is 0 Å². The number of hydrogen-bond acceptors (Lipinski definition) is 4. The van der Waals surface area contributed by atoms with E-state index in [-0.39, 0.29) is 5.78 Å².